The van der Waals surface area contributed by atoms with E-state index in [1.54, 1.807) is 18.2 Å². The van der Waals surface area contributed by atoms with Gasteiger partial charge in [-0.2, -0.15) is 22.9 Å². The van der Waals surface area contributed by atoms with Crippen molar-refractivity contribution < 1.29 is 84.4 Å². The molecule has 6 unspecified atom stereocenters. The summed E-state index contributed by atoms with van der Waals surface area (Å²) in [5, 5.41) is 10.4. The minimum Gasteiger partial charge on any atom is 0 e. The molecule has 97 heavy (non-hydrogen) atoms. The number of phenolic OH excluding ortho intramolecular Hbond substituents is 1. The van der Waals surface area contributed by atoms with Gasteiger partial charge in [-0.25, -0.2) is 0 Å². The van der Waals surface area contributed by atoms with E-state index in [0.29, 0.717) is 53.4 Å². The maximum absolute atomic E-state index is 11.6. The zero-order valence-electron chi connectivity index (χ0n) is 66.2. The van der Waals surface area contributed by atoms with E-state index in [9.17, 15) is 9.59 Å². The Kier molecular flexibility index (Phi) is 37.3. The van der Waals surface area contributed by atoms with E-state index in [0.717, 1.165) is 64.5 Å². The van der Waals surface area contributed by atoms with Crippen LogP contribution >= 0.6 is 28.1 Å². The van der Waals surface area contributed by atoms with Crippen molar-refractivity contribution in [1.82, 2.24) is 0 Å². The van der Waals surface area contributed by atoms with Crippen LogP contribution in [0.5, 0.6) is 17.2 Å². The first-order chi connectivity index (χ1) is 43.3. The first-order valence-corrected chi connectivity index (χ1v) is 56.0. The second-order valence-corrected chi connectivity index (χ2v) is 64.1. The van der Waals surface area contributed by atoms with Crippen LogP contribution in [0.4, 0.5) is 0 Å². The van der Waals surface area contributed by atoms with Gasteiger partial charge in [-0.3, -0.25) is 9.59 Å². The monoisotopic (exact) mass is 1770 g/mol. The van der Waals surface area contributed by atoms with Crippen molar-refractivity contribution in [2.45, 2.75) is 252 Å². The quantitative estimate of drug-likeness (QED) is 0.136. The molecule has 542 valence electrons. The van der Waals surface area contributed by atoms with Crippen LogP contribution in [0.3, 0.4) is 0 Å². The number of hydrogen-bond donors (Lipinski definition) is 1. The average molecular weight is 1780 g/mol. The van der Waals surface area contributed by atoms with Crippen LogP contribution < -0.4 is 8.85 Å². The number of ketones is 2. The summed E-state index contributed by atoms with van der Waals surface area (Å²) in [5.41, 5.74) is 6.53. The van der Waals surface area contributed by atoms with Crippen LogP contribution in [-0.4, -0.2) is 67.0 Å². The van der Waals surface area contributed by atoms with Crippen LogP contribution in [0.15, 0.2) is 109 Å². The average Bonchev–Trinajstić information content (AvgIpc) is 1.45. The summed E-state index contributed by atoms with van der Waals surface area (Å²) >= 11 is 5.32. The molecule has 3 aromatic carbocycles. The maximum Gasteiger partial charge on any atom is 0 e. The van der Waals surface area contributed by atoms with Gasteiger partial charge in [0.25, 0.3) is 0 Å². The largest absolute Gasteiger partial charge is 0 e. The summed E-state index contributed by atoms with van der Waals surface area (Å²) in [4.78, 5) is 22.7. The second kappa shape index (κ2) is 38.6. The van der Waals surface area contributed by atoms with Gasteiger partial charge in [-0.1, -0.05) is 160 Å². The molecule has 7 aliphatic carbocycles. The summed E-state index contributed by atoms with van der Waals surface area (Å²) in [6.45, 7) is 65.0. The zero-order valence-corrected chi connectivity index (χ0v) is 79.1. The van der Waals surface area contributed by atoms with E-state index >= 15 is 0 Å². The normalized spacial score (nSPS) is 20.5. The molecular formula is C79H128BCl3O7Si5UZr-4. The number of hydrogen-bond acceptors (Lipinski definition) is 7. The summed E-state index contributed by atoms with van der Waals surface area (Å²) in [6, 6.07) is 17.3. The predicted octanol–water partition coefficient (Wildman–Crippen LogP) is 25.1. The van der Waals surface area contributed by atoms with E-state index < -0.39 is 61.5 Å². The molecular weight excluding hydrogens is 1650 g/mol. The molecule has 2 saturated carbocycles. The summed E-state index contributed by atoms with van der Waals surface area (Å²) < 4.78 is 30.6. The number of aryl methyl sites for hydroxylation is 2. The maximum atomic E-state index is 11.6. The second-order valence-electron chi connectivity index (χ2n) is 34.2. The van der Waals surface area contributed by atoms with Gasteiger partial charge in [0.2, 0.25) is 33.3 Å². The fourth-order valence-corrected chi connectivity index (χ4v) is 14.5. The molecule has 7 aliphatic rings. The van der Waals surface area contributed by atoms with Crippen molar-refractivity contribution in [2.24, 2.45) is 35.5 Å². The van der Waals surface area contributed by atoms with E-state index in [4.69, 9.17) is 52.3 Å². The molecule has 2 fully saturated rings. The molecule has 0 aromatic heterocycles. The van der Waals surface area contributed by atoms with Gasteiger partial charge in [0.15, 0.2) is 19.0 Å². The summed E-state index contributed by atoms with van der Waals surface area (Å²) in [5.74, 6) is 8.71. The molecule has 0 spiro atoms. The van der Waals surface area contributed by atoms with Gasteiger partial charge in [-0.05, 0) is 230 Å². The van der Waals surface area contributed by atoms with Crippen molar-refractivity contribution in [3.63, 3.8) is 0 Å². The van der Waals surface area contributed by atoms with E-state index in [-0.39, 0.29) is 83.4 Å². The number of phenols is 1. The van der Waals surface area contributed by atoms with Crippen LogP contribution in [0.25, 0.3) is 6.08 Å². The number of fused-ring (bicyclic) bond motifs is 5. The van der Waals surface area contributed by atoms with Crippen LogP contribution in [-0.2, 0) is 49.0 Å². The number of aromatic hydroxyl groups is 1. The number of rotatable bonds is 8. The molecule has 0 amide bonds. The first kappa shape index (κ1) is 93.7. The number of benzene rings is 3. The molecule has 10 rings (SSSR count). The third-order valence-corrected chi connectivity index (χ3v) is 44.5. The fraction of sp³-hybridized carbons (Fsp3) is 0.570. The number of halogens is 3. The molecule has 2 radical (unpaired) electrons. The Morgan fingerprint density at radius 1 is 0.505 bits per heavy atom. The van der Waals surface area contributed by atoms with Crippen LogP contribution in [0.1, 0.15) is 185 Å². The minimum absolute atomic E-state index is 0. The molecule has 0 aliphatic heterocycles. The van der Waals surface area contributed by atoms with E-state index in [1.165, 1.54) is 36.8 Å². The van der Waals surface area contributed by atoms with Crippen LogP contribution in [0.2, 0.25) is 90.7 Å². The Labute approximate surface area is 649 Å². The number of allylic oxidation sites excluding steroid dienone is 7. The Balaban J connectivity index is 0.00000115. The summed E-state index contributed by atoms with van der Waals surface area (Å²) in [7, 11) is 5.38. The smallest absolute Gasteiger partial charge is 0 e. The van der Waals surface area contributed by atoms with Gasteiger partial charge in [0, 0.05) is 63.5 Å². The van der Waals surface area contributed by atoms with Crippen molar-refractivity contribution in [2.75, 3.05) is 0 Å². The van der Waals surface area contributed by atoms with Crippen molar-refractivity contribution >= 4 is 94.8 Å². The predicted molar refractivity (Wildman–Crippen MR) is 431 cm³/mol. The van der Waals surface area contributed by atoms with Gasteiger partial charge < -0.3 is 51.5 Å². The Hall–Kier alpha value is -1.35. The minimum atomic E-state index is -1.78. The van der Waals surface area contributed by atoms with Crippen molar-refractivity contribution in [3.05, 3.63) is 171 Å². The fourth-order valence-electron chi connectivity index (χ4n) is 10.4. The number of carbonyl (C=O) groups is 2. The van der Waals surface area contributed by atoms with E-state index in [1.807, 2.05) is 12.1 Å². The molecule has 0 heterocycles. The number of Topliss-reactive ketones (excluding diaryl/α,β-unsaturated/α-hetero) is 2. The molecule has 0 bridgehead atoms. The standard InChI is InChI=1S/2C16H27OSi.C15H22O2Si.C15H22OSi.C9H8O2.C6H15ClSi.2CH3.BH.2ClH.U.Zr/c2*1-12-7-8-13-11-14(9-10-15(12)13)17-18(5,6)16(2,3)4;1-15(2,3)18(4,5)17-12-7-8-13-11(10-12)6-9-14(13)16;1-15(2,3)17(4,5)16-14-10-9-12-7-6-8-13(12)11-14;10-7-2-3-8-6(5-7)1-4-9(8)11;1-6(2,3)8(4,5)7;;;;;;;/h2*9-13,15H,1,7-8H2,2-6H3;7-8,10H,6,9H2,1-5H3;6-7,9-11H,8H2,1-5H3;2-3,5,10H,1,4H2;1-5H3;2*1H3;3*1H;;/q2*-1;;;;;2*-1;;;;;+2/p-2/i;;;;;;;;1D;;;;. The Morgan fingerprint density at radius 3 is 1.20 bits per heavy atom. The number of carbonyl (C=O) groups excluding carboxylic acids is 2. The SMILES string of the molecule is CC(C)(C)[Si](C)(C)Cl.CC(C)(C)[Si](C)(C)Oc1ccc2c(c1)CC=C2.CC(C)(C)[Si](C)(C)Oc1ccc2c(c1)CCC2=O.O=C1CCc2cc(O)ccc21.[2H][B].[CH2-]C1CCC2C=C(O[Si](C)(C)C(C)(C)C)C=CC12.[CH2-]C1CCC2C=C(O[Si](C)(C)C(C)(C)C)C=CC12.[CH3-].[CH3-].[Cl][Zr][Cl].[U]. The van der Waals surface area contributed by atoms with Crippen molar-refractivity contribution in [1.29, 1.82) is 1.34 Å². The van der Waals surface area contributed by atoms with Gasteiger partial charge >= 0.3 is 37.9 Å². The molecule has 3 aromatic rings. The zero-order chi connectivity index (χ0) is 72.9. The third kappa shape index (κ3) is 27.9. The molecule has 1 N–H and O–H groups in total. The topological polar surface area (TPSA) is 91.3 Å². The Morgan fingerprint density at radius 2 is 0.835 bits per heavy atom. The molecule has 6 atom stereocenters. The Bertz CT molecular complexity index is 3100. The van der Waals surface area contributed by atoms with Gasteiger partial charge in [-0.15, -0.1) is 0 Å². The van der Waals surface area contributed by atoms with Gasteiger partial charge in [0.1, 0.15) is 17.2 Å². The molecule has 18 heteroatoms. The van der Waals surface area contributed by atoms with Crippen LogP contribution in [0, 0.1) is 95.3 Å². The first-order valence-electron chi connectivity index (χ1n) is 34.6. The summed E-state index contributed by atoms with van der Waals surface area (Å²) in [6.07, 6.45) is 27.1. The molecule has 0 saturated heterocycles. The third-order valence-electron chi connectivity index (χ3n) is 21.8. The molecule has 7 nitrogen and oxygen atoms in total. The van der Waals surface area contributed by atoms with E-state index in [2.05, 4.69) is 264 Å². The van der Waals surface area contributed by atoms with Crippen molar-refractivity contribution in [3.8, 4) is 17.2 Å². The van der Waals surface area contributed by atoms with Gasteiger partial charge in [0.05, 0.1) is 11.5 Å².